The van der Waals surface area contributed by atoms with Gasteiger partial charge in [0.2, 0.25) is 5.91 Å². The highest BCUT2D eigenvalue weighted by Crippen LogP contribution is 2.33. The molecule has 0 spiro atoms. The van der Waals surface area contributed by atoms with E-state index in [1.807, 2.05) is 30.9 Å². The van der Waals surface area contributed by atoms with Crippen molar-refractivity contribution in [3.8, 4) is 11.5 Å². The molecule has 1 N–H and O–H groups in total. The fraction of sp³-hybridized carbons (Fsp3) is 0.417. The van der Waals surface area contributed by atoms with E-state index in [1.165, 1.54) is 0 Å². The molecule has 1 heterocycles. The Morgan fingerprint density at radius 1 is 1.06 bits per heavy atom. The van der Waals surface area contributed by atoms with Gasteiger partial charge in [0.15, 0.2) is 11.5 Å². The summed E-state index contributed by atoms with van der Waals surface area (Å²) >= 11 is 5.92. The average molecular weight is 445 g/mol. The van der Waals surface area contributed by atoms with Gasteiger partial charge in [-0.05, 0) is 66.3 Å². The molecule has 0 aliphatic carbocycles. The molecule has 2 aromatic carbocycles. The normalized spacial score (nSPS) is 14.1. The summed E-state index contributed by atoms with van der Waals surface area (Å²) in [4.78, 5) is 27.9. The van der Waals surface area contributed by atoms with E-state index < -0.39 is 6.04 Å². The number of halogens is 1. The van der Waals surface area contributed by atoms with Crippen LogP contribution in [0.2, 0.25) is 5.02 Å². The summed E-state index contributed by atoms with van der Waals surface area (Å²) in [6.07, 6.45) is 1.29. The number of benzene rings is 2. The zero-order valence-electron chi connectivity index (χ0n) is 18.4. The molecule has 0 fully saturated rings. The minimum Gasteiger partial charge on any atom is -0.493 e. The first-order valence-electron chi connectivity index (χ1n) is 10.4. The number of ether oxygens (including phenoxy) is 2. The number of carbonyl (C=O) groups is 2. The fourth-order valence-electron chi connectivity index (χ4n) is 3.83. The number of hydrogen-bond acceptors (Lipinski definition) is 4. The Hall–Kier alpha value is -2.73. The van der Waals surface area contributed by atoms with Crippen molar-refractivity contribution in [2.45, 2.75) is 39.3 Å². The third kappa shape index (κ3) is 5.50. The van der Waals surface area contributed by atoms with Gasteiger partial charge < -0.3 is 19.7 Å². The highest BCUT2D eigenvalue weighted by atomic mass is 35.5. The van der Waals surface area contributed by atoms with Gasteiger partial charge in [0, 0.05) is 23.7 Å². The first kappa shape index (κ1) is 22.9. The average Bonchev–Trinajstić information content (AvgIpc) is 2.76. The molecule has 0 aromatic heterocycles. The molecule has 166 valence electrons. The second kappa shape index (κ2) is 10.1. The molecule has 1 aliphatic heterocycles. The molecule has 1 atom stereocenters. The summed E-state index contributed by atoms with van der Waals surface area (Å²) < 4.78 is 10.8. The van der Waals surface area contributed by atoms with Crippen LogP contribution < -0.4 is 14.8 Å². The number of nitrogens with one attached hydrogen (secondary N) is 1. The highest BCUT2D eigenvalue weighted by molar-refractivity contribution is 6.30. The zero-order chi connectivity index (χ0) is 22.5. The molecule has 0 bridgehead atoms. The maximum atomic E-state index is 13.4. The Balaban J connectivity index is 1.77. The van der Waals surface area contributed by atoms with Gasteiger partial charge >= 0.3 is 0 Å². The molecule has 31 heavy (non-hydrogen) atoms. The third-order valence-electron chi connectivity index (χ3n) is 5.45. The van der Waals surface area contributed by atoms with Gasteiger partial charge in [0.05, 0.1) is 14.2 Å². The summed E-state index contributed by atoms with van der Waals surface area (Å²) in [7, 11) is 3.21. The molecule has 3 rings (SSSR count). The first-order valence-corrected chi connectivity index (χ1v) is 10.8. The summed E-state index contributed by atoms with van der Waals surface area (Å²) in [5.74, 6) is 1.23. The van der Waals surface area contributed by atoms with Crippen LogP contribution in [0.3, 0.4) is 0 Å². The molecule has 0 radical (unpaired) electrons. The number of amides is 2. The van der Waals surface area contributed by atoms with Crippen LogP contribution in [0.1, 0.15) is 41.8 Å². The first-order chi connectivity index (χ1) is 14.8. The molecule has 1 aliphatic rings. The molecule has 0 saturated carbocycles. The Kier molecular flexibility index (Phi) is 7.44. The third-order valence-corrected chi connectivity index (χ3v) is 5.70. The number of carbonyl (C=O) groups excluding carboxylic acids is 2. The maximum absolute atomic E-state index is 13.4. The van der Waals surface area contributed by atoms with Crippen molar-refractivity contribution in [2.24, 2.45) is 5.92 Å². The van der Waals surface area contributed by atoms with Crippen LogP contribution in [0.5, 0.6) is 11.5 Å². The van der Waals surface area contributed by atoms with E-state index in [1.54, 1.807) is 38.5 Å². The predicted octanol–water partition coefficient (Wildman–Crippen LogP) is 4.09. The highest BCUT2D eigenvalue weighted by Gasteiger charge is 2.30. The van der Waals surface area contributed by atoms with Crippen molar-refractivity contribution in [2.75, 3.05) is 20.8 Å². The number of rotatable bonds is 7. The quantitative estimate of drug-likeness (QED) is 0.698. The van der Waals surface area contributed by atoms with Gasteiger partial charge in [0.1, 0.15) is 6.04 Å². The van der Waals surface area contributed by atoms with Crippen LogP contribution in [-0.2, 0) is 17.8 Å². The van der Waals surface area contributed by atoms with Crippen LogP contribution in [0.25, 0.3) is 0 Å². The Morgan fingerprint density at radius 2 is 1.68 bits per heavy atom. The Morgan fingerprint density at radius 3 is 2.26 bits per heavy atom. The number of nitrogens with zero attached hydrogens (tertiary/aromatic N) is 1. The van der Waals surface area contributed by atoms with Crippen molar-refractivity contribution in [1.82, 2.24) is 10.2 Å². The second-order valence-electron chi connectivity index (χ2n) is 8.15. The SMILES string of the molecule is COc1cc2c(cc1OC)CN(C(=O)C(CC(C)C)NC(=O)c1ccc(Cl)cc1)CC2. The second-order valence-corrected chi connectivity index (χ2v) is 8.58. The van der Waals surface area contributed by atoms with Crippen molar-refractivity contribution in [3.63, 3.8) is 0 Å². The van der Waals surface area contributed by atoms with E-state index in [4.69, 9.17) is 21.1 Å². The van der Waals surface area contributed by atoms with Gasteiger partial charge in [-0.1, -0.05) is 25.4 Å². The van der Waals surface area contributed by atoms with E-state index >= 15 is 0 Å². The van der Waals surface area contributed by atoms with Gasteiger partial charge in [0.25, 0.3) is 5.91 Å². The van der Waals surface area contributed by atoms with Gasteiger partial charge in [-0.2, -0.15) is 0 Å². The maximum Gasteiger partial charge on any atom is 0.251 e. The fourth-order valence-corrected chi connectivity index (χ4v) is 3.95. The molecular formula is C24H29ClN2O4. The lowest BCUT2D eigenvalue weighted by Crippen LogP contribution is -2.50. The predicted molar refractivity (Wildman–Crippen MR) is 121 cm³/mol. The van der Waals surface area contributed by atoms with Crippen LogP contribution >= 0.6 is 11.6 Å². The molecule has 1 unspecified atom stereocenters. The summed E-state index contributed by atoms with van der Waals surface area (Å²) in [6, 6.07) is 9.96. The van der Waals surface area contributed by atoms with E-state index in [0.717, 1.165) is 17.5 Å². The van der Waals surface area contributed by atoms with E-state index in [0.29, 0.717) is 41.6 Å². The number of hydrogen-bond donors (Lipinski definition) is 1. The summed E-state index contributed by atoms with van der Waals surface area (Å²) in [5.41, 5.74) is 2.66. The zero-order valence-corrected chi connectivity index (χ0v) is 19.2. The lowest BCUT2D eigenvalue weighted by Gasteiger charge is -2.33. The van der Waals surface area contributed by atoms with E-state index in [9.17, 15) is 9.59 Å². The minimum atomic E-state index is -0.593. The van der Waals surface area contributed by atoms with Crippen LogP contribution in [0, 0.1) is 5.92 Å². The van der Waals surface area contributed by atoms with Crippen LogP contribution in [-0.4, -0.2) is 43.5 Å². The molecule has 2 amide bonds. The minimum absolute atomic E-state index is 0.0727. The molecule has 0 saturated heterocycles. The summed E-state index contributed by atoms with van der Waals surface area (Å²) in [5, 5.41) is 3.49. The van der Waals surface area contributed by atoms with E-state index in [-0.39, 0.29) is 17.7 Å². The largest absolute Gasteiger partial charge is 0.493 e. The lowest BCUT2D eigenvalue weighted by molar-refractivity contribution is -0.134. The van der Waals surface area contributed by atoms with Crippen LogP contribution in [0.4, 0.5) is 0 Å². The molecule has 6 nitrogen and oxygen atoms in total. The number of fused-ring (bicyclic) bond motifs is 1. The van der Waals surface area contributed by atoms with Crippen molar-refractivity contribution < 1.29 is 19.1 Å². The van der Waals surface area contributed by atoms with Gasteiger partial charge in [-0.3, -0.25) is 9.59 Å². The molecule has 2 aromatic rings. The number of methoxy groups -OCH3 is 2. The monoisotopic (exact) mass is 444 g/mol. The smallest absolute Gasteiger partial charge is 0.251 e. The van der Waals surface area contributed by atoms with Gasteiger partial charge in [-0.25, -0.2) is 0 Å². The van der Waals surface area contributed by atoms with Gasteiger partial charge in [-0.15, -0.1) is 0 Å². The van der Waals surface area contributed by atoms with Crippen molar-refractivity contribution in [1.29, 1.82) is 0 Å². The van der Waals surface area contributed by atoms with Crippen LogP contribution in [0.15, 0.2) is 36.4 Å². The Labute approximate surface area is 188 Å². The van der Waals surface area contributed by atoms with Crippen molar-refractivity contribution in [3.05, 3.63) is 58.1 Å². The molecular weight excluding hydrogens is 416 g/mol. The Bertz CT molecular complexity index is 943. The van der Waals surface area contributed by atoms with E-state index in [2.05, 4.69) is 5.32 Å². The topological polar surface area (TPSA) is 67.9 Å². The van der Waals surface area contributed by atoms with Crippen molar-refractivity contribution >= 4 is 23.4 Å². The lowest BCUT2D eigenvalue weighted by atomic mass is 9.96. The summed E-state index contributed by atoms with van der Waals surface area (Å²) in [6.45, 7) is 5.14. The standard InChI is InChI=1S/C24H29ClN2O4/c1-15(2)11-20(26-23(28)16-5-7-19(25)8-6-16)24(29)27-10-9-17-12-21(30-3)22(31-4)13-18(17)14-27/h5-8,12-13,15,20H,9-11,14H2,1-4H3,(H,26,28). The molecule has 7 heteroatoms.